The average molecular weight is 693 g/mol. The van der Waals surface area contributed by atoms with E-state index in [9.17, 15) is 14.7 Å². The summed E-state index contributed by atoms with van der Waals surface area (Å²) in [5.41, 5.74) is 12.7. The van der Waals surface area contributed by atoms with Gasteiger partial charge in [0.1, 0.15) is 6.33 Å². The molecule has 1 fully saturated rings. The van der Waals surface area contributed by atoms with Crippen molar-refractivity contribution in [1.29, 1.82) is 0 Å². The number of aromatic amines is 1. The fourth-order valence-electron chi connectivity index (χ4n) is 5.71. The maximum atomic E-state index is 12.6. The third-order valence-corrected chi connectivity index (χ3v) is 9.37. The summed E-state index contributed by atoms with van der Waals surface area (Å²) in [4.78, 5) is 29.1. The topological polar surface area (TPSA) is 164 Å². The van der Waals surface area contributed by atoms with Crippen molar-refractivity contribution in [2.24, 2.45) is 0 Å². The number of aromatic nitrogens is 3. The minimum atomic E-state index is -0.596. The zero-order valence-electron chi connectivity index (χ0n) is 27.5. The van der Waals surface area contributed by atoms with Crippen molar-refractivity contribution in [2.45, 2.75) is 62.5 Å². The van der Waals surface area contributed by atoms with Gasteiger partial charge in [0.05, 0.1) is 30.2 Å². The van der Waals surface area contributed by atoms with Gasteiger partial charge in [0.15, 0.2) is 11.4 Å². The number of benzene rings is 4. The zero-order valence-corrected chi connectivity index (χ0v) is 28.3. The van der Waals surface area contributed by atoms with Gasteiger partial charge in [-0.05, 0) is 58.5 Å². The van der Waals surface area contributed by atoms with E-state index in [1.54, 1.807) is 36.0 Å². The lowest BCUT2D eigenvalue weighted by Gasteiger charge is -2.36. The maximum absolute atomic E-state index is 12.6. The molecule has 1 saturated heterocycles. The Morgan fingerprint density at radius 1 is 0.880 bits per heavy atom. The highest BCUT2D eigenvalue weighted by atomic mass is 32.2. The highest BCUT2D eigenvalue weighted by molar-refractivity contribution is 7.99. The second kappa shape index (κ2) is 17.1. The van der Waals surface area contributed by atoms with E-state index in [-0.39, 0.29) is 43.5 Å². The molecule has 6 N–H and O–H groups in total. The SMILES string of the molecule is Nc1ccccc1NC(=O)CCCC(=O)NCc1cccc(-c2cccc([C@H]3O[C@@H](CSc4ncn[nH]4)C[C@@H](c4ccc(CO)cc4)O3)c2)c1. The molecule has 11 nitrogen and oxygen atoms in total. The quantitative estimate of drug-likeness (QED) is 0.0663. The molecule has 5 aromatic rings. The molecule has 4 aromatic carbocycles. The van der Waals surface area contributed by atoms with Crippen LogP contribution in [0.2, 0.25) is 0 Å². The molecule has 2 heterocycles. The lowest BCUT2D eigenvalue weighted by atomic mass is 9.99. The Morgan fingerprint density at radius 2 is 1.66 bits per heavy atom. The van der Waals surface area contributed by atoms with E-state index in [1.807, 2.05) is 60.7 Å². The number of aliphatic hydroxyl groups excluding tert-OH is 1. The van der Waals surface area contributed by atoms with Crippen LogP contribution in [0.3, 0.4) is 0 Å². The maximum Gasteiger partial charge on any atom is 0.224 e. The summed E-state index contributed by atoms with van der Waals surface area (Å²) in [6.07, 6.45) is 2.14. The minimum Gasteiger partial charge on any atom is -0.397 e. The summed E-state index contributed by atoms with van der Waals surface area (Å²) in [7, 11) is 0. The molecule has 258 valence electrons. The summed E-state index contributed by atoms with van der Waals surface area (Å²) in [5, 5.41) is 22.8. The molecule has 1 aliphatic rings. The van der Waals surface area contributed by atoms with Crippen molar-refractivity contribution in [1.82, 2.24) is 20.5 Å². The number of aliphatic hydroxyl groups is 1. The number of hydrogen-bond acceptors (Lipinski definition) is 9. The van der Waals surface area contributed by atoms with Crippen molar-refractivity contribution in [3.05, 3.63) is 126 Å². The Bertz CT molecular complexity index is 1870. The Labute approximate surface area is 295 Å². The number of rotatable bonds is 14. The molecule has 2 amide bonds. The van der Waals surface area contributed by atoms with Crippen LogP contribution >= 0.6 is 11.8 Å². The molecule has 0 bridgehead atoms. The largest absolute Gasteiger partial charge is 0.397 e. The van der Waals surface area contributed by atoms with Gasteiger partial charge in [0.25, 0.3) is 0 Å². The fourth-order valence-corrected chi connectivity index (χ4v) is 6.50. The van der Waals surface area contributed by atoms with Gasteiger partial charge in [-0.15, -0.1) is 0 Å². The van der Waals surface area contributed by atoms with Gasteiger partial charge in [0.2, 0.25) is 11.8 Å². The van der Waals surface area contributed by atoms with Crippen molar-refractivity contribution in [3.63, 3.8) is 0 Å². The van der Waals surface area contributed by atoms with Gasteiger partial charge in [-0.2, -0.15) is 5.10 Å². The summed E-state index contributed by atoms with van der Waals surface area (Å²) in [5.74, 6) is 0.374. The Balaban J connectivity index is 1.07. The van der Waals surface area contributed by atoms with Crippen LogP contribution in [-0.4, -0.2) is 44.0 Å². The Hall–Kier alpha value is -5.01. The minimum absolute atomic E-state index is 0.0133. The molecule has 0 unspecified atom stereocenters. The standard InChI is InChI=1S/C38H40N6O5S/c39-32-10-1-2-11-33(32)43-36(47)13-5-12-35(46)40-21-26-6-3-7-28(18-26)29-8-4-9-30(19-29)37-48-31(23-50-38-41-24-42-44-38)20-34(49-37)27-16-14-25(22-45)15-17-27/h1-4,6-11,14-19,24,31,34,37,45H,5,12-13,20-23,39H2,(H,40,46)(H,43,47)(H,41,42,44)/t31-,34+,37+/m1/s1. The van der Waals surface area contributed by atoms with Gasteiger partial charge in [0, 0.05) is 37.1 Å². The second-order valence-electron chi connectivity index (χ2n) is 12.0. The normalized spacial score (nSPS) is 17.3. The average Bonchev–Trinajstić information content (AvgIpc) is 3.68. The number of carbonyl (C=O) groups is 2. The first-order chi connectivity index (χ1) is 24.4. The van der Waals surface area contributed by atoms with E-state index >= 15 is 0 Å². The van der Waals surface area contributed by atoms with Crippen molar-refractivity contribution < 1.29 is 24.2 Å². The third kappa shape index (κ3) is 9.57. The van der Waals surface area contributed by atoms with E-state index in [4.69, 9.17) is 15.2 Å². The Kier molecular flexibility index (Phi) is 11.9. The van der Waals surface area contributed by atoms with Crippen molar-refractivity contribution >= 4 is 35.0 Å². The van der Waals surface area contributed by atoms with Crippen LogP contribution in [0.1, 0.15) is 60.3 Å². The summed E-state index contributed by atoms with van der Waals surface area (Å²) < 4.78 is 13.1. The number of para-hydroxylation sites is 2. The fraction of sp³-hybridized carbons (Fsp3) is 0.263. The first-order valence-corrected chi connectivity index (χ1v) is 17.5. The lowest BCUT2D eigenvalue weighted by Crippen LogP contribution is -2.31. The van der Waals surface area contributed by atoms with Crippen molar-refractivity contribution in [2.75, 3.05) is 16.8 Å². The van der Waals surface area contributed by atoms with Crippen LogP contribution in [0.4, 0.5) is 11.4 Å². The van der Waals surface area contributed by atoms with Gasteiger partial charge in [-0.1, -0.05) is 84.6 Å². The van der Waals surface area contributed by atoms with Crippen LogP contribution in [0.5, 0.6) is 0 Å². The molecular weight excluding hydrogens is 653 g/mol. The number of nitrogen functional groups attached to an aromatic ring is 1. The molecular formula is C38H40N6O5S. The van der Waals surface area contributed by atoms with Crippen LogP contribution in [-0.2, 0) is 32.2 Å². The number of thioether (sulfide) groups is 1. The Morgan fingerprint density at radius 3 is 2.44 bits per heavy atom. The predicted molar refractivity (Wildman–Crippen MR) is 193 cm³/mol. The number of amides is 2. The van der Waals surface area contributed by atoms with Gasteiger partial charge in [-0.3, -0.25) is 14.7 Å². The van der Waals surface area contributed by atoms with E-state index in [0.29, 0.717) is 36.5 Å². The first kappa shape index (κ1) is 34.8. The number of hydrogen-bond donors (Lipinski definition) is 5. The first-order valence-electron chi connectivity index (χ1n) is 16.5. The summed E-state index contributed by atoms with van der Waals surface area (Å²) in [6.45, 7) is 0.357. The van der Waals surface area contributed by atoms with Crippen LogP contribution in [0.25, 0.3) is 11.1 Å². The number of nitrogens with one attached hydrogen (secondary N) is 3. The highest BCUT2D eigenvalue weighted by Crippen LogP contribution is 2.40. The molecule has 0 radical (unpaired) electrons. The van der Waals surface area contributed by atoms with Gasteiger partial charge >= 0.3 is 0 Å². The monoisotopic (exact) mass is 692 g/mol. The molecule has 12 heteroatoms. The van der Waals surface area contributed by atoms with E-state index < -0.39 is 6.29 Å². The molecule has 0 aliphatic carbocycles. The van der Waals surface area contributed by atoms with E-state index in [1.165, 1.54) is 6.33 Å². The van der Waals surface area contributed by atoms with Gasteiger partial charge in [-0.25, -0.2) is 4.98 Å². The molecule has 0 saturated carbocycles. The molecule has 50 heavy (non-hydrogen) atoms. The number of carbonyl (C=O) groups excluding carboxylic acids is 2. The van der Waals surface area contributed by atoms with E-state index in [0.717, 1.165) is 38.5 Å². The molecule has 0 spiro atoms. The predicted octanol–water partition coefficient (Wildman–Crippen LogP) is 6.31. The van der Waals surface area contributed by atoms with Crippen molar-refractivity contribution in [3.8, 4) is 11.1 Å². The highest BCUT2D eigenvalue weighted by Gasteiger charge is 2.32. The number of nitrogens with two attached hydrogens (primary N) is 1. The number of nitrogens with zero attached hydrogens (tertiary/aromatic N) is 2. The lowest BCUT2D eigenvalue weighted by molar-refractivity contribution is -0.245. The van der Waals surface area contributed by atoms with Crippen LogP contribution < -0.4 is 16.4 Å². The summed E-state index contributed by atoms with van der Waals surface area (Å²) in [6, 6.07) is 31.1. The van der Waals surface area contributed by atoms with Crippen LogP contribution in [0.15, 0.2) is 109 Å². The molecule has 6 rings (SSSR count). The van der Waals surface area contributed by atoms with Gasteiger partial charge < -0.3 is 30.9 Å². The molecule has 1 aliphatic heterocycles. The smallest absolute Gasteiger partial charge is 0.224 e. The zero-order chi connectivity index (χ0) is 34.7. The number of anilines is 2. The third-order valence-electron chi connectivity index (χ3n) is 8.37. The second-order valence-corrected chi connectivity index (χ2v) is 13.1. The molecule has 1 aromatic heterocycles. The number of H-pyrrole nitrogens is 1. The number of ether oxygens (including phenoxy) is 2. The van der Waals surface area contributed by atoms with E-state index in [2.05, 4.69) is 37.9 Å². The molecule has 3 atom stereocenters. The van der Waals surface area contributed by atoms with Crippen LogP contribution in [0, 0.1) is 0 Å². The summed E-state index contributed by atoms with van der Waals surface area (Å²) >= 11 is 1.55.